The molecule has 1 aliphatic heterocycles. The topological polar surface area (TPSA) is 41.6 Å². The van der Waals surface area contributed by atoms with E-state index in [0.29, 0.717) is 26.1 Å². The number of ether oxygens (including phenoxy) is 1. The van der Waals surface area contributed by atoms with Crippen molar-refractivity contribution in [3.05, 3.63) is 0 Å². The number of amides is 1. The first kappa shape index (κ1) is 14.0. The summed E-state index contributed by atoms with van der Waals surface area (Å²) in [7, 11) is 1.89. The van der Waals surface area contributed by atoms with Crippen molar-refractivity contribution in [3.8, 4) is 12.3 Å². The molecule has 1 atom stereocenters. The molecule has 0 aliphatic carbocycles. The third kappa shape index (κ3) is 5.20. The summed E-state index contributed by atoms with van der Waals surface area (Å²) in [6.07, 6.45) is 8.49. The number of hydrogen-bond donors (Lipinski definition) is 1. The molecule has 0 aromatic rings. The van der Waals surface area contributed by atoms with Gasteiger partial charge >= 0.3 is 0 Å². The normalized spacial score (nSPS) is 20.0. The minimum atomic E-state index is 0.128. The van der Waals surface area contributed by atoms with Crippen LogP contribution in [0.1, 0.15) is 25.7 Å². The first-order valence-electron chi connectivity index (χ1n) is 6.25. The van der Waals surface area contributed by atoms with Gasteiger partial charge in [-0.3, -0.25) is 4.79 Å². The summed E-state index contributed by atoms with van der Waals surface area (Å²) in [6, 6.07) is 0. The number of carbonyl (C=O) groups excluding carboxylic acids is 1. The lowest BCUT2D eigenvalue weighted by molar-refractivity contribution is -0.138. The molecule has 1 rings (SSSR count). The largest absolute Gasteiger partial charge is 0.373 e. The quantitative estimate of drug-likeness (QED) is 0.545. The van der Waals surface area contributed by atoms with Gasteiger partial charge in [0.2, 0.25) is 5.91 Å². The highest BCUT2D eigenvalue weighted by Crippen LogP contribution is 2.09. The fraction of sp³-hybridized carbons (Fsp3) is 0.769. The summed E-state index contributed by atoms with van der Waals surface area (Å²) in [4.78, 5) is 13.8. The van der Waals surface area contributed by atoms with Crippen molar-refractivity contribution in [2.45, 2.75) is 31.8 Å². The zero-order chi connectivity index (χ0) is 12.5. The standard InChI is InChI=1S/C13H22N2O2/c1-3-4-5-6-7-13(16)15-8-9-17-12(11-15)10-14-2/h1,12,14H,4-11H2,2H3. The average molecular weight is 238 g/mol. The molecule has 0 radical (unpaired) electrons. The highest BCUT2D eigenvalue weighted by molar-refractivity contribution is 5.76. The molecule has 1 unspecified atom stereocenters. The average Bonchev–Trinajstić information content (AvgIpc) is 2.35. The summed E-state index contributed by atoms with van der Waals surface area (Å²) in [5.41, 5.74) is 0. The van der Waals surface area contributed by atoms with E-state index in [4.69, 9.17) is 11.2 Å². The Kier molecular flexibility index (Phi) is 6.68. The molecule has 0 saturated carbocycles. The predicted octanol–water partition coefficient (Wildman–Crippen LogP) is 0.627. The Morgan fingerprint density at radius 3 is 3.12 bits per heavy atom. The molecule has 1 saturated heterocycles. The number of carbonyl (C=O) groups is 1. The number of nitrogens with one attached hydrogen (secondary N) is 1. The van der Waals surface area contributed by atoms with Gasteiger partial charge < -0.3 is 15.0 Å². The van der Waals surface area contributed by atoms with Crippen LogP contribution in [0.5, 0.6) is 0 Å². The minimum absolute atomic E-state index is 0.128. The van der Waals surface area contributed by atoms with Crippen LogP contribution >= 0.6 is 0 Å². The highest BCUT2D eigenvalue weighted by atomic mass is 16.5. The lowest BCUT2D eigenvalue weighted by atomic mass is 10.1. The van der Waals surface area contributed by atoms with E-state index in [2.05, 4.69) is 11.2 Å². The van der Waals surface area contributed by atoms with E-state index in [9.17, 15) is 4.79 Å². The second-order valence-electron chi connectivity index (χ2n) is 4.30. The van der Waals surface area contributed by atoms with Gasteiger partial charge in [-0.1, -0.05) is 0 Å². The van der Waals surface area contributed by atoms with Gasteiger partial charge in [-0.05, 0) is 19.9 Å². The summed E-state index contributed by atoms with van der Waals surface area (Å²) in [5, 5.41) is 3.07. The van der Waals surface area contributed by atoms with Gasteiger partial charge in [-0.15, -0.1) is 12.3 Å². The molecule has 1 amide bonds. The van der Waals surface area contributed by atoms with E-state index < -0.39 is 0 Å². The van der Waals surface area contributed by atoms with Crippen molar-refractivity contribution >= 4 is 5.91 Å². The monoisotopic (exact) mass is 238 g/mol. The Labute approximate surface area is 104 Å². The van der Waals surface area contributed by atoms with Crippen LogP contribution < -0.4 is 5.32 Å². The molecular weight excluding hydrogens is 216 g/mol. The molecule has 0 aromatic carbocycles. The van der Waals surface area contributed by atoms with Crippen LogP contribution in [0.2, 0.25) is 0 Å². The van der Waals surface area contributed by atoms with Crippen LogP contribution in [0.15, 0.2) is 0 Å². The maximum atomic E-state index is 11.9. The molecule has 1 aliphatic rings. The van der Waals surface area contributed by atoms with Gasteiger partial charge in [-0.2, -0.15) is 0 Å². The molecule has 4 nitrogen and oxygen atoms in total. The Morgan fingerprint density at radius 1 is 1.59 bits per heavy atom. The third-order valence-corrected chi connectivity index (χ3v) is 2.89. The fourth-order valence-corrected chi connectivity index (χ4v) is 1.96. The molecule has 4 heteroatoms. The van der Waals surface area contributed by atoms with Crippen LogP contribution in [-0.4, -0.2) is 50.2 Å². The van der Waals surface area contributed by atoms with Gasteiger partial charge in [0.25, 0.3) is 0 Å². The molecule has 1 fully saturated rings. The molecule has 96 valence electrons. The van der Waals surface area contributed by atoms with Gasteiger partial charge in [0.1, 0.15) is 0 Å². The second kappa shape index (κ2) is 8.10. The smallest absolute Gasteiger partial charge is 0.222 e. The first-order valence-corrected chi connectivity index (χ1v) is 6.25. The number of unbranched alkanes of at least 4 members (excludes halogenated alkanes) is 2. The summed E-state index contributed by atoms with van der Waals surface area (Å²) in [6.45, 7) is 2.85. The molecule has 0 spiro atoms. The number of hydrogen-bond acceptors (Lipinski definition) is 3. The second-order valence-corrected chi connectivity index (χ2v) is 4.30. The number of rotatable bonds is 6. The van der Waals surface area contributed by atoms with Crippen molar-refractivity contribution in [2.24, 2.45) is 0 Å². The Bertz CT molecular complexity index is 271. The molecule has 0 aromatic heterocycles. The summed E-state index contributed by atoms with van der Waals surface area (Å²) in [5.74, 6) is 2.82. The van der Waals surface area contributed by atoms with Crippen LogP contribution in [0.25, 0.3) is 0 Å². The zero-order valence-electron chi connectivity index (χ0n) is 10.6. The van der Waals surface area contributed by atoms with E-state index in [-0.39, 0.29) is 12.0 Å². The van der Waals surface area contributed by atoms with E-state index in [0.717, 1.165) is 25.8 Å². The van der Waals surface area contributed by atoms with Crippen molar-refractivity contribution in [2.75, 3.05) is 33.3 Å². The van der Waals surface area contributed by atoms with E-state index in [1.165, 1.54) is 0 Å². The third-order valence-electron chi connectivity index (χ3n) is 2.89. The number of morpholine rings is 1. The van der Waals surface area contributed by atoms with E-state index in [1.807, 2.05) is 11.9 Å². The lowest BCUT2D eigenvalue weighted by Gasteiger charge is -2.33. The van der Waals surface area contributed by atoms with Crippen LogP contribution in [0.4, 0.5) is 0 Å². The summed E-state index contributed by atoms with van der Waals surface area (Å²) < 4.78 is 5.56. The van der Waals surface area contributed by atoms with E-state index in [1.54, 1.807) is 0 Å². The maximum Gasteiger partial charge on any atom is 0.222 e. The maximum absolute atomic E-state index is 11.9. The molecule has 1 N–H and O–H groups in total. The van der Waals surface area contributed by atoms with Gasteiger partial charge in [0, 0.05) is 32.5 Å². The van der Waals surface area contributed by atoms with Gasteiger partial charge in [-0.25, -0.2) is 0 Å². The predicted molar refractivity (Wildman–Crippen MR) is 67.5 cm³/mol. The zero-order valence-corrected chi connectivity index (χ0v) is 10.6. The number of terminal acetylenes is 1. The number of likely N-dealkylation sites (N-methyl/N-ethyl adjacent to an activating group) is 1. The van der Waals surface area contributed by atoms with Crippen molar-refractivity contribution in [3.63, 3.8) is 0 Å². The first-order chi connectivity index (χ1) is 8.27. The highest BCUT2D eigenvalue weighted by Gasteiger charge is 2.22. The van der Waals surface area contributed by atoms with E-state index >= 15 is 0 Å². The Hall–Kier alpha value is -1.05. The van der Waals surface area contributed by atoms with Gasteiger partial charge in [0.15, 0.2) is 0 Å². The Balaban J connectivity index is 2.24. The lowest BCUT2D eigenvalue weighted by Crippen LogP contribution is -2.48. The minimum Gasteiger partial charge on any atom is -0.373 e. The molecule has 1 heterocycles. The van der Waals surface area contributed by atoms with Crippen LogP contribution in [0, 0.1) is 12.3 Å². The molecular formula is C13H22N2O2. The molecule has 0 bridgehead atoms. The van der Waals surface area contributed by atoms with Crippen molar-refractivity contribution in [1.29, 1.82) is 0 Å². The van der Waals surface area contributed by atoms with Crippen molar-refractivity contribution in [1.82, 2.24) is 10.2 Å². The fourth-order valence-electron chi connectivity index (χ4n) is 1.96. The van der Waals surface area contributed by atoms with Gasteiger partial charge in [0.05, 0.1) is 12.7 Å². The van der Waals surface area contributed by atoms with Crippen LogP contribution in [-0.2, 0) is 9.53 Å². The Morgan fingerprint density at radius 2 is 2.41 bits per heavy atom. The van der Waals surface area contributed by atoms with Crippen LogP contribution in [0.3, 0.4) is 0 Å². The number of nitrogens with zero attached hydrogens (tertiary/aromatic N) is 1. The molecule has 17 heavy (non-hydrogen) atoms. The SMILES string of the molecule is C#CCCCCC(=O)N1CCOC(CNC)C1. The van der Waals surface area contributed by atoms with Crippen molar-refractivity contribution < 1.29 is 9.53 Å². The summed E-state index contributed by atoms with van der Waals surface area (Å²) >= 11 is 0.